The zero-order chi connectivity index (χ0) is 24.4. The van der Waals surface area contributed by atoms with Crippen LogP contribution in [-0.2, 0) is 27.7 Å². The fraction of sp³-hybridized carbons (Fsp3) is 0.231. The lowest BCUT2D eigenvalue weighted by Crippen LogP contribution is -2.35. The van der Waals surface area contributed by atoms with Crippen LogP contribution in [0, 0.1) is 0 Å². The van der Waals surface area contributed by atoms with Crippen LogP contribution in [0.1, 0.15) is 28.8 Å². The molecule has 180 valence electrons. The van der Waals surface area contributed by atoms with Gasteiger partial charge in [-0.15, -0.1) is 0 Å². The van der Waals surface area contributed by atoms with E-state index in [1.807, 2.05) is 24.3 Å². The van der Waals surface area contributed by atoms with Crippen molar-refractivity contribution in [3.63, 3.8) is 0 Å². The molecule has 0 bridgehead atoms. The van der Waals surface area contributed by atoms with Gasteiger partial charge in [0.2, 0.25) is 0 Å². The number of para-hydroxylation sites is 3. The molecule has 0 saturated carbocycles. The van der Waals surface area contributed by atoms with Crippen molar-refractivity contribution in [1.29, 1.82) is 0 Å². The van der Waals surface area contributed by atoms with Crippen molar-refractivity contribution in [2.45, 2.75) is 30.7 Å². The van der Waals surface area contributed by atoms with E-state index >= 15 is 0 Å². The van der Waals surface area contributed by atoms with E-state index in [-0.39, 0.29) is 17.1 Å². The highest BCUT2D eigenvalue weighted by atomic mass is 32.2. The van der Waals surface area contributed by atoms with Gasteiger partial charge in [0.25, 0.3) is 10.0 Å². The summed E-state index contributed by atoms with van der Waals surface area (Å²) < 4.78 is 40.2. The minimum atomic E-state index is -3.83. The molecule has 3 aromatic carbocycles. The molecule has 4 aromatic rings. The molecule has 9 heteroatoms. The lowest BCUT2D eigenvalue weighted by molar-refractivity contribution is 0.0495. The third kappa shape index (κ3) is 4.46. The SMILES string of the molecule is O=C(OCCCn1c(=O)oc2ccccc21)c1cccc(S(=O)(=O)N2CCCc3ccccc32)c1. The molecule has 0 saturated heterocycles. The number of ether oxygens (including phenoxy) is 1. The Kier molecular flexibility index (Phi) is 6.17. The van der Waals surface area contributed by atoms with Crippen molar-refractivity contribution in [2.24, 2.45) is 0 Å². The first-order chi connectivity index (χ1) is 16.9. The second kappa shape index (κ2) is 9.42. The van der Waals surface area contributed by atoms with Crippen LogP contribution in [0.5, 0.6) is 0 Å². The highest BCUT2D eigenvalue weighted by Gasteiger charge is 2.29. The van der Waals surface area contributed by atoms with Crippen LogP contribution < -0.4 is 10.1 Å². The smallest absolute Gasteiger partial charge is 0.419 e. The van der Waals surface area contributed by atoms with Gasteiger partial charge in [-0.05, 0) is 61.2 Å². The Morgan fingerprint density at radius 3 is 2.69 bits per heavy atom. The van der Waals surface area contributed by atoms with Crippen LogP contribution >= 0.6 is 0 Å². The van der Waals surface area contributed by atoms with Gasteiger partial charge in [-0.25, -0.2) is 18.0 Å². The zero-order valence-electron chi connectivity index (χ0n) is 18.9. The van der Waals surface area contributed by atoms with Gasteiger partial charge in [-0.3, -0.25) is 8.87 Å². The van der Waals surface area contributed by atoms with Gasteiger partial charge in [0.05, 0.1) is 28.3 Å². The van der Waals surface area contributed by atoms with Crippen molar-refractivity contribution < 1.29 is 22.4 Å². The summed E-state index contributed by atoms with van der Waals surface area (Å²) in [7, 11) is -3.83. The first kappa shape index (κ1) is 22.9. The molecule has 0 unspecified atom stereocenters. The first-order valence-corrected chi connectivity index (χ1v) is 12.9. The minimum Gasteiger partial charge on any atom is -0.462 e. The summed E-state index contributed by atoms with van der Waals surface area (Å²) in [6.07, 6.45) is 1.96. The number of carbonyl (C=O) groups is 1. The average molecular weight is 493 g/mol. The molecule has 35 heavy (non-hydrogen) atoms. The summed E-state index contributed by atoms with van der Waals surface area (Å²) >= 11 is 0. The van der Waals surface area contributed by atoms with Gasteiger partial charge >= 0.3 is 11.7 Å². The van der Waals surface area contributed by atoms with Gasteiger partial charge in [0, 0.05) is 13.1 Å². The zero-order valence-corrected chi connectivity index (χ0v) is 19.7. The second-order valence-electron chi connectivity index (χ2n) is 8.31. The number of rotatable bonds is 7. The molecule has 0 fully saturated rings. The molecule has 1 aliphatic heterocycles. The summed E-state index contributed by atoms with van der Waals surface area (Å²) in [6, 6.07) is 20.5. The summed E-state index contributed by atoms with van der Waals surface area (Å²) in [5.41, 5.74) is 3.00. The largest absolute Gasteiger partial charge is 0.462 e. The molecular formula is C26H24N2O6S. The Morgan fingerprint density at radius 2 is 1.80 bits per heavy atom. The Bertz CT molecular complexity index is 1550. The van der Waals surface area contributed by atoms with Crippen molar-refractivity contribution in [1.82, 2.24) is 4.57 Å². The quantitative estimate of drug-likeness (QED) is 0.286. The topological polar surface area (TPSA) is 98.8 Å². The number of hydrogen-bond donors (Lipinski definition) is 0. The molecule has 0 atom stereocenters. The lowest BCUT2D eigenvalue weighted by Gasteiger charge is -2.30. The molecule has 0 spiro atoms. The molecule has 0 aliphatic carbocycles. The monoisotopic (exact) mass is 492 g/mol. The minimum absolute atomic E-state index is 0.0417. The van der Waals surface area contributed by atoms with Gasteiger partial charge in [-0.1, -0.05) is 36.4 Å². The Hall–Kier alpha value is -3.85. The summed E-state index contributed by atoms with van der Waals surface area (Å²) in [5.74, 6) is -1.08. The van der Waals surface area contributed by atoms with Gasteiger partial charge in [0.1, 0.15) is 0 Å². The van der Waals surface area contributed by atoms with Gasteiger partial charge in [-0.2, -0.15) is 0 Å². The highest BCUT2D eigenvalue weighted by Crippen LogP contribution is 2.32. The molecule has 0 amide bonds. The fourth-order valence-corrected chi connectivity index (χ4v) is 5.94. The van der Waals surface area contributed by atoms with Crippen LogP contribution in [0.4, 0.5) is 5.69 Å². The lowest BCUT2D eigenvalue weighted by atomic mass is 10.0. The highest BCUT2D eigenvalue weighted by molar-refractivity contribution is 7.92. The second-order valence-corrected chi connectivity index (χ2v) is 10.2. The summed E-state index contributed by atoms with van der Waals surface area (Å²) in [5, 5.41) is 0. The molecule has 0 N–H and O–H groups in total. The number of carbonyl (C=O) groups excluding carboxylic acids is 1. The number of anilines is 1. The fourth-order valence-electron chi connectivity index (χ4n) is 4.36. The van der Waals surface area contributed by atoms with Gasteiger partial charge < -0.3 is 9.15 Å². The number of fused-ring (bicyclic) bond motifs is 2. The summed E-state index contributed by atoms with van der Waals surface area (Å²) in [6.45, 7) is 0.781. The summed E-state index contributed by atoms with van der Waals surface area (Å²) in [4.78, 5) is 24.7. The number of sulfonamides is 1. The Balaban J connectivity index is 1.26. The van der Waals surface area contributed by atoms with E-state index in [0.717, 1.165) is 18.4 Å². The van der Waals surface area contributed by atoms with Crippen LogP contribution in [0.25, 0.3) is 11.1 Å². The Labute approximate surface area is 202 Å². The van der Waals surface area contributed by atoms with E-state index < -0.39 is 21.7 Å². The van der Waals surface area contributed by atoms with E-state index in [4.69, 9.17) is 9.15 Å². The maximum absolute atomic E-state index is 13.4. The number of aryl methyl sites for hydroxylation is 2. The van der Waals surface area contributed by atoms with Crippen molar-refractivity contribution >= 4 is 32.8 Å². The number of nitrogens with zero attached hydrogens (tertiary/aromatic N) is 2. The van der Waals surface area contributed by atoms with Gasteiger partial charge in [0.15, 0.2) is 5.58 Å². The Morgan fingerprint density at radius 1 is 1.00 bits per heavy atom. The normalized spacial score (nSPS) is 13.5. The third-order valence-electron chi connectivity index (χ3n) is 6.06. The molecule has 2 heterocycles. The van der Waals surface area contributed by atoms with E-state index in [2.05, 4.69) is 0 Å². The number of aromatic nitrogens is 1. The predicted molar refractivity (Wildman–Crippen MR) is 131 cm³/mol. The third-order valence-corrected chi connectivity index (χ3v) is 7.87. The molecule has 1 aromatic heterocycles. The number of hydrogen-bond acceptors (Lipinski definition) is 6. The predicted octanol–water partition coefficient (Wildman–Crippen LogP) is 3.98. The van der Waals surface area contributed by atoms with E-state index in [9.17, 15) is 18.0 Å². The molecular weight excluding hydrogens is 468 g/mol. The number of esters is 1. The van der Waals surface area contributed by atoms with Crippen molar-refractivity contribution in [2.75, 3.05) is 17.5 Å². The van der Waals surface area contributed by atoms with Crippen molar-refractivity contribution in [3.8, 4) is 0 Å². The van der Waals surface area contributed by atoms with Crippen molar-refractivity contribution in [3.05, 3.63) is 94.5 Å². The van der Waals surface area contributed by atoms with Crippen LogP contribution in [0.3, 0.4) is 0 Å². The average Bonchev–Trinajstić information content (AvgIpc) is 3.21. The van der Waals surface area contributed by atoms with E-state index in [0.29, 0.717) is 36.3 Å². The van der Waals surface area contributed by atoms with E-state index in [1.165, 1.54) is 33.1 Å². The molecule has 0 radical (unpaired) electrons. The van der Waals surface area contributed by atoms with Crippen LogP contribution in [0.2, 0.25) is 0 Å². The molecule has 1 aliphatic rings. The molecule has 8 nitrogen and oxygen atoms in total. The van der Waals surface area contributed by atoms with E-state index in [1.54, 1.807) is 24.3 Å². The van der Waals surface area contributed by atoms with Crippen LogP contribution in [0.15, 0.2) is 86.9 Å². The maximum Gasteiger partial charge on any atom is 0.419 e. The molecule has 5 rings (SSSR count). The first-order valence-electron chi connectivity index (χ1n) is 11.4. The van der Waals surface area contributed by atoms with Crippen LogP contribution in [-0.4, -0.2) is 32.1 Å². The maximum atomic E-state index is 13.4. The standard InChI is InChI=1S/C26H24N2O6S/c29-25(33-17-7-15-27-23-13-3-4-14-24(23)34-26(27)30)20-9-5-11-21(18-20)35(31,32)28-16-6-10-19-8-1-2-12-22(19)28/h1-5,8-9,11-14,18H,6-7,10,15-17H2. The number of oxazole rings is 1. The number of benzene rings is 3.